The summed E-state index contributed by atoms with van der Waals surface area (Å²) in [6.45, 7) is 5.91. The molecule has 3 rings (SSSR count). The van der Waals surface area contributed by atoms with Gasteiger partial charge in [-0.15, -0.1) is 0 Å². The van der Waals surface area contributed by atoms with E-state index in [9.17, 15) is 13.2 Å². The molecule has 1 amide bonds. The topological polar surface area (TPSA) is 111 Å². The van der Waals surface area contributed by atoms with Crippen LogP contribution in [0.15, 0.2) is 64.0 Å². The third-order valence-corrected chi connectivity index (χ3v) is 5.66. The van der Waals surface area contributed by atoms with Gasteiger partial charge >= 0.3 is 0 Å². The maximum absolute atomic E-state index is 12.6. The van der Waals surface area contributed by atoms with Gasteiger partial charge in [-0.1, -0.05) is 25.9 Å². The van der Waals surface area contributed by atoms with Crippen molar-refractivity contribution in [2.24, 2.45) is 0 Å². The Morgan fingerprint density at radius 3 is 2.20 bits per heavy atom. The Labute approximate surface area is 175 Å². The summed E-state index contributed by atoms with van der Waals surface area (Å²) in [5.41, 5.74) is 0.458. The van der Waals surface area contributed by atoms with E-state index in [0.29, 0.717) is 28.6 Å². The minimum atomic E-state index is -3.80. The molecule has 30 heavy (non-hydrogen) atoms. The molecular weight excluding hydrogens is 406 g/mol. The molecule has 2 N–H and O–H groups in total. The first-order chi connectivity index (χ1) is 14.1. The largest absolute Gasteiger partial charge is 0.497 e. The normalized spacial score (nSPS) is 11.7. The van der Waals surface area contributed by atoms with Crippen LogP contribution in [-0.2, 0) is 15.4 Å². The molecule has 0 aliphatic heterocycles. The van der Waals surface area contributed by atoms with Gasteiger partial charge in [-0.05, 0) is 48.5 Å². The lowest BCUT2D eigenvalue weighted by Gasteiger charge is -2.12. The molecule has 0 unspecified atom stereocenters. The summed E-state index contributed by atoms with van der Waals surface area (Å²) in [5.74, 6) is 1.14. The smallest absolute Gasteiger partial charge is 0.261 e. The standard InChI is InChI=1S/C21H23N3O5S/c1-21(2,3)18-13-19(23-29-18)22-20(25)14-5-11-17(12-6-14)30(26,27)24-15-7-9-16(28-4)10-8-15/h5-13,24H,1-4H3,(H,22,23,25). The van der Waals surface area contributed by atoms with Gasteiger partial charge in [0.15, 0.2) is 5.82 Å². The average Bonchev–Trinajstić information content (AvgIpc) is 3.17. The number of carbonyl (C=O) groups is 1. The Balaban J connectivity index is 1.70. The lowest BCUT2D eigenvalue weighted by atomic mass is 9.93. The molecule has 0 aliphatic carbocycles. The van der Waals surface area contributed by atoms with Crippen LogP contribution in [0.4, 0.5) is 11.5 Å². The van der Waals surface area contributed by atoms with E-state index in [1.54, 1.807) is 30.3 Å². The highest BCUT2D eigenvalue weighted by Crippen LogP contribution is 2.25. The summed E-state index contributed by atoms with van der Waals surface area (Å²) in [4.78, 5) is 12.4. The SMILES string of the molecule is COc1ccc(NS(=O)(=O)c2ccc(C(=O)Nc3cc(C(C)(C)C)on3)cc2)cc1. The predicted molar refractivity (Wildman–Crippen MR) is 113 cm³/mol. The molecule has 3 aromatic rings. The number of carbonyl (C=O) groups excluding carboxylic acids is 1. The fourth-order valence-electron chi connectivity index (χ4n) is 2.53. The quantitative estimate of drug-likeness (QED) is 0.612. The summed E-state index contributed by atoms with van der Waals surface area (Å²) in [7, 11) is -2.27. The van der Waals surface area contributed by atoms with Crippen LogP contribution in [0.5, 0.6) is 5.75 Å². The zero-order valence-electron chi connectivity index (χ0n) is 17.1. The van der Waals surface area contributed by atoms with E-state index < -0.39 is 15.9 Å². The number of nitrogens with zero attached hydrogens (tertiary/aromatic N) is 1. The average molecular weight is 429 g/mol. The van der Waals surface area contributed by atoms with Crippen LogP contribution < -0.4 is 14.8 Å². The Kier molecular flexibility index (Phi) is 5.84. The second kappa shape index (κ2) is 8.19. The first-order valence-corrected chi connectivity index (χ1v) is 10.6. The maximum Gasteiger partial charge on any atom is 0.261 e. The molecule has 0 saturated heterocycles. The Morgan fingerprint density at radius 2 is 1.67 bits per heavy atom. The van der Waals surface area contributed by atoms with Crippen molar-refractivity contribution in [1.82, 2.24) is 5.16 Å². The van der Waals surface area contributed by atoms with Crippen LogP contribution in [0.25, 0.3) is 0 Å². The lowest BCUT2D eigenvalue weighted by Crippen LogP contribution is -2.15. The number of methoxy groups -OCH3 is 1. The molecule has 0 spiro atoms. The maximum atomic E-state index is 12.6. The molecule has 0 bridgehead atoms. The molecule has 1 aromatic heterocycles. The Hall–Kier alpha value is -3.33. The first kappa shape index (κ1) is 21.4. The van der Waals surface area contributed by atoms with Crippen molar-refractivity contribution in [1.29, 1.82) is 0 Å². The molecule has 0 aliphatic rings. The molecule has 0 radical (unpaired) electrons. The minimum absolute atomic E-state index is 0.0336. The Morgan fingerprint density at radius 1 is 1.03 bits per heavy atom. The monoisotopic (exact) mass is 429 g/mol. The summed E-state index contributed by atoms with van der Waals surface area (Å²) in [6, 6.07) is 13.8. The van der Waals surface area contributed by atoms with Gasteiger partial charge in [0.1, 0.15) is 11.5 Å². The molecule has 8 nitrogen and oxygen atoms in total. The molecule has 2 aromatic carbocycles. The van der Waals surface area contributed by atoms with E-state index in [-0.39, 0.29) is 10.3 Å². The number of amides is 1. The van der Waals surface area contributed by atoms with Crippen LogP contribution in [0.1, 0.15) is 36.9 Å². The van der Waals surface area contributed by atoms with Gasteiger partial charge < -0.3 is 14.6 Å². The number of nitrogens with one attached hydrogen (secondary N) is 2. The van der Waals surface area contributed by atoms with Crippen molar-refractivity contribution in [2.45, 2.75) is 31.1 Å². The van der Waals surface area contributed by atoms with Crippen LogP contribution in [0, 0.1) is 0 Å². The van der Waals surface area contributed by atoms with E-state index in [1.807, 2.05) is 20.8 Å². The highest BCUT2D eigenvalue weighted by Gasteiger charge is 2.21. The third kappa shape index (κ3) is 4.98. The summed E-state index contributed by atoms with van der Waals surface area (Å²) in [6.07, 6.45) is 0. The first-order valence-electron chi connectivity index (χ1n) is 9.14. The van der Waals surface area contributed by atoms with Crippen LogP contribution in [0.3, 0.4) is 0 Å². The second-order valence-electron chi connectivity index (χ2n) is 7.64. The highest BCUT2D eigenvalue weighted by molar-refractivity contribution is 7.92. The summed E-state index contributed by atoms with van der Waals surface area (Å²) < 4.78 is 37.9. The number of anilines is 2. The second-order valence-corrected chi connectivity index (χ2v) is 9.32. The van der Waals surface area contributed by atoms with E-state index in [1.165, 1.54) is 31.4 Å². The number of ether oxygens (including phenoxy) is 1. The van der Waals surface area contributed by atoms with Gasteiger partial charge in [-0.25, -0.2) is 8.42 Å². The van der Waals surface area contributed by atoms with Gasteiger partial charge in [-0.2, -0.15) is 0 Å². The van der Waals surface area contributed by atoms with E-state index in [4.69, 9.17) is 9.26 Å². The lowest BCUT2D eigenvalue weighted by molar-refractivity contribution is 0.102. The Bertz CT molecular complexity index is 1130. The van der Waals surface area contributed by atoms with Crippen molar-refractivity contribution in [3.8, 4) is 5.75 Å². The number of aromatic nitrogens is 1. The van der Waals surface area contributed by atoms with Gasteiger partial charge in [0.05, 0.1) is 12.0 Å². The van der Waals surface area contributed by atoms with Crippen molar-refractivity contribution < 1.29 is 22.5 Å². The van der Waals surface area contributed by atoms with Crippen LogP contribution in [-0.4, -0.2) is 26.6 Å². The van der Waals surface area contributed by atoms with Crippen LogP contribution >= 0.6 is 0 Å². The summed E-state index contributed by atoms with van der Waals surface area (Å²) >= 11 is 0. The van der Waals surface area contributed by atoms with Crippen molar-refractivity contribution in [3.05, 3.63) is 65.9 Å². The third-order valence-electron chi connectivity index (χ3n) is 4.26. The van der Waals surface area contributed by atoms with E-state index in [2.05, 4.69) is 15.2 Å². The zero-order chi connectivity index (χ0) is 21.9. The molecule has 1 heterocycles. The fourth-order valence-corrected chi connectivity index (χ4v) is 3.59. The minimum Gasteiger partial charge on any atom is -0.497 e. The van der Waals surface area contributed by atoms with Gasteiger partial charge in [0.2, 0.25) is 0 Å². The van der Waals surface area contributed by atoms with Gasteiger partial charge in [0.25, 0.3) is 15.9 Å². The van der Waals surface area contributed by atoms with Crippen LogP contribution in [0.2, 0.25) is 0 Å². The molecule has 9 heteroatoms. The summed E-state index contributed by atoms with van der Waals surface area (Å²) in [5, 5.41) is 6.48. The van der Waals surface area contributed by atoms with Gasteiger partial charge in [0, 0.05) is 22.7 Å². The molecule has 158 valence electrons. The number of hydrogen-bond donors (Lipinski definition) is 2. The number of hydrogen-bond acceptors (Lipinski definition) is 6. The highest BCUT2D eigenvalue weighted by atomic mass is 32.2. The van der Waals surface area contributed by atoms with E-state index in [0.717, 1.165) is 0 Å². The van der Waals surface area contributed by atoms with E-state index >= 15 is 0 Å². The number of sulfonamides is 1. The predicted octanol–water partition coefficient (Wildman–Crippen LogP) is 4.03. The van der Waals surface area contributed by atoms with Crippen molar-refractivity contribution >= 4 is 27.4 Å². The fraction of sp³-hybridized carbons (Fsp3) is 0.238. The van der Waals surface area contributed by atoms with Crippen molar-refractivity contribution in [3.63, 3.8) is 0 Å². The molecular formula is C21H23N3O5S. The molecule has 0 atom stereocenters. The van der Waals surface area contributed by atoms with Gasteiger partial charge in [-0.3, -0.25) is 9.52 Å². The zero-order valence-corrected chi connectivity index (χ0v) is 17.9. The number of benzene rings is 2. The molecule has 0 fully saturated rings. The van der Waals surface area contributed by atoms with Crippen molar-refractivity contribution in [2.75, 3.05) is 17.1 Å². The molecule has 0 saturated carbocycles. The number of rotatable bonds is 6.